The zero-order valence-electron chi connectivity index (χ0n) is 25.1. The molecule has 38 heavy (non-hydrogen) atoms. The van der Waals surface area contributed by atoms with E-state index < -0.39 is 25.2 Å². The summed E-state index contributed by atoms with van der Waals surface area (Å²) >= 11 is 0. The first-order valence-corrected chi connectivity index (χ1v) is 21.8. The molecule has 13 heteroatoms. The fraction of sp³-hybridized carbons (Fsp3) is 0.760. The minimum Gasteiger partial charge on any atom is -0.437 e. The molecule has 0 aliphatic heterocycles. The minimum atomic E-state index is -2.07. The fourth-order valence-corrected chi connectivity index (χ4v) is 15.7. The summed E-state index contributed by atoms with van der Waals surface area (Å²) in [5.41, 5.74) is 0. The van der Waals surface area contributed by atoms with E-state index in [1.54, 1.807) is 0 Å². The first kappa shape index (κ1) is 49.5. The SMILES string of the molecule is C=O.C=O.C=O.C=O.C[Si](C)(C)O[Si](C)(CCCCOCCO)O[Si](C)(C)C.O=CCCCCCCC=O. The van der Waals surface area contributed by atoms with Gasteiger partial charge in [-0.2, -0.15) is 0 Å². The average molecular weight is 601 g/mol. The second kappa shape index (κ2) is 37.7. The summed E-state index contributed by atoms with van der Waals surface area (Å²) in [7, 11) is -5.23. The van der Waals surface area contributed by atoms with Gasteiger partial charge in [0.2, 0.25) is 0 Å². The predicted molar refractivity (Wildman–Crippen MR) is 161 cm³/mol. The number of unbranched alkanes of at least 4 members (excludes halogenated alkanes) is 6. The molecule has 0 aromatic rings. The second-order valence-corrected chi connectivity index (χ2v) is 22.5. The van der Waals surface area contributed by atoms with Crippen molar-refractivity contribution < 1.29 is 46.8 Å². The summed E-state index contributed by atoms with van der Waals surface area (Å²) in [6, 6.07) is 1.03. The number of carbonyl (C=O) groups excluding carboxylic acids is 6. The van der Waals surface area contributed by atoms with Crippen LogP contribution in [0.15, 0.2) is 0 Å². The monoisotopic (exact) mass is 600 g/mol. The van der Waals surface area contributed by atoms with Gasteiger partial charge in [0.25, 0.3) is 0 Å². The molecule has 0 radical (unpaired) electrons. The number of hydrogen-bond donors (Lipinski definition) is 1. The van der Waals surface area contributed by atoms with Crippen LogP contribution in [0.4, 0.5) is 0 Å². The summed E-state index contributed by atoms with van der Waals surface area (Å²) in [6.45, 7) is 24.9. The molecule has 0 unspecified atom stereocenters. The number of aliphatic hydroxyl groups is 1. The van der Waals surface area contributed by atoms with E-state index in [2.05, 4.69) is 45.8 Å². The van der Waals surface area contributed by atoms with Crippen LogP contribution >= 0.6 is 0 Å². The number of ether oxygens (including phenoxy) is 1. The minimum absolute atomic E-state index is 0.101. The normalized spacial score (nSPS) is 10.1. The quantitative estimate of drug-likeness (QED) is 0.135. The topological polar surface area (TPSA) is 150 Å². The van der Waals surface area contributed by atoms with E-state index in [9.17, 15) is 9.59 Å². The van der Waals surface area contributed by atoms with E-state index in [1.165, 1.54) is 0 Å². The molecule has 0 amide bonds. The molecule has 228 valence electrons. The molecule has 0 aromatic carbocycles. The highest BCUT2D eigenvalue weighted by molar-refractivity contribution is 6.87. The summed E-state index contributed by atoms with van der Waals surface area (Å²) in [6.07, 6.45) is 9.40. The van der Waals surface area contributed by atoms with E-state index in [-0.39, 0.29) is 6.61 Å². The Morgan fingerprint density at radius 1 is 0.579 bits per heavy atom. The molecule has 0 heterocycles. The number of rotatable bonds is 18. The maximum Gasteiger partial charge on any atom is 0.314 e. The molecule has 0 fully saturated rings. The van der Waals surface area contributed by atoms with Crippen LogP contribution < -0.4 is 0 Å². The Labute approximate surface area is 234 Å². The molecule has 0 aliphatic rings. The average Bonchev–Trinajstić information content (AvgIpc) is 2.86. The van der Waals surface area contributed by atoms with Crippen LogP contribution in [0.3, 0.4) is 0 Å². The Bertz CT molecular complexity index is 451. The van der Waals surface area contributed by atoms with Crippen molar-refractivity contribution in [3.8, 4) is 0 Å². The van der Waals surface area contributed by atoms with Gasteiger partial charge in [-0.15, -0.1) is 0 Å². The Morgan fingerprint density at radius 2 is 0.947 bits per heavy atom. The lowest BCUT2D eigenvalue weighted by molar-refractivity contribution is -0.108. The van der Waals surface area contributed by atoms with Gasteiger partial charge >= 0.3 is 8.56 Å². The van der Waals surface area contributed by atoms with Gasteiger partial charge in [-0.05, 0) is 77.6 Å². The first-order chi connectivity index (χ1) is 17.9. The van der Waals surface area contributed by atoms with Gasteiger partial charge in [-0.1, -0.05) is 12.8 Å². The molecular weight excluding hydrogens is 545 g/mol. The molecule has 0 spiro atoms. The van der Waals surface area contributed by atoms with Crippen molar-refractivity contribution in [1.29, 1.82) is 0 Å². The molecule has 0 atom stereocenters. The van der Waals surface area contributed by atoms with E-state index in [0.717, 1.165) is 57.1 Å². The summed E-state index contributed by atoms with van der Waals surface area (Å²) in [5, 5.41) is 8.66. The Kier molecular flexibility index (Phi) is 49.0. The maximum absolute atomic E-state index is 9.84. The molecule has 0 saturated heterocycles. The van der Waals surface area contributed by atoms with Crippen LogP contribution in [-0.2, 0) is 41.7 Å². The highest BCUT2D eigenvalue weighted by Crippen LogP contribution is 2.26. The van der Waals surface area contributed by atoms with Crippen molar-refractivity contribution in [2.45, 2.75) is 103 Å². The predicted octanol–water partition coefficient (Wildman–Crippen LogP) is 4.54. The Morgan fingerprint density at radius 3 is 1.24 bits per heavy atom. The van der Waals surface area contributed by atoms with E-state index in [1.807, 2.05) is 27.2 Å². The molecule has 1 N–H and O–H groups in total. The van der Waals surface area contributed by atoms with Crippen molar-refractivity contribution >= 4 is 64.9 Å². The number of hydrogen-bond acceptors (Lipinski definition) is 10. The number of carbonyl (C=O) groups is 6. The van der Waals surface area contributed by atoms with Crippen molar-refractivity contribution in [1.82, 2.24) is 0 Å². The first-order valence-electron chi connectivity index (χ1n) is 12.5. The Hall–Kier alpha value is -1.49. The highest BCUT2D eigenvalue weighted by atomic mass is 28.5. The zero-order chi connectivity index (χ0) is 31.5. The van der Waals surface area contributed by atoms with Crippen LogP contribution in [0, 0.1) is 0 Å². The second-order valence-electron chi connectivity index (χ2n) is 9.68. The summed E-state index contributed by atoms with van der Waals surface area (Å²) < 4.78 is 18.2. The van der Waals surface area contributed by atoms with Crippen molar-refractivity contribution in [3.63, 3.8) is 0 Å². The van der Waals surface area contributed by atoms with Gasteiger partial charge in [-0.25, -0.2) is 0 Å². The smallest absolute Gasteiger partial charge is 0.314 e. The van der Waals surface area contributed by atoms with Gasteiger partial charge < -0.3 is 46.8 Å². The van der Waals surface area contributed by atoms with Crippen LogP contribution in [0.5, 0.6) is 0 Å². The fourth-order valence-electron chi connectivity index (χ4n) is 3.04. The van der Waals surface area contributed by atoms with Crippen molar-refractivity contribution in [3.05, 3.63) is 0 Å². The van der Waals surface area contributed by atoms with Gasteiger partial charge in [0, 0.05) is 19.4 Å². The lowest BCUT2D eigenvalue weighted by Gasteiger charge is -2.38. The van der Waals surface area contributed by atoms with E-state index in [0.29, 0.717) is 26.1 Å². The summed E-state index contributed by atoms with van der Waals surface area (Å²) in [5.74, 6) is 0. The van der Waals surface area contributed by atoms with Gasteiger partial charge in [0.1, 0.15) is 39.7 Å². The standard InChI is InChI=1S/C13H34O4Si3.C8H14O2.4CH2O/c1-18(2,3)16-20(7,17-19(4,5)6)13-9-8-11-15-12-10-14;9-7-5-3-1-2-4-6-8-10;4*1-2/h14H,8-13H2,1-7H3;7-8H,1-6H2;4*1H2. The van der Waals surface area contributed by atoms with Crippen LogP contribution in [-0.4, -0.2) is 89.9 Å². The lowest BCUT2D eigenvalue weighted by atomic mass is 10.1. The molecule has 0 aromatic heterocycles. The molecule has 0 saturated carbocycles. The van der Waals surface area contributed by atoms with Gasteiger partial charge in [-0.3, -0.25) is 0 Å². The molecule has 10 nitrogen and oxygen atoms in total. The largest absolute Gasteiger partial charge is 0.437 e. The molecule has 0 rings (SSSR count). The van der Waals surface area contributed by atoms with Gasteiger partial charge in [0.15, 0.2) is 16.6 Å². The van der Waals surface area contributed by atoms with Crippen LogP contribution in [0.25, 0.3) is 0 Å². The van der Waals surface area contributed by atoms with E-state index >= 15 is 0 Å². The third kappa shape index (κ3) is 55.1. The third-order valence-electron chi connectivity index (χ3n) is 3.84. The maximum atomic E-state index is 9.84. The van der Waals surface area contributed by atoms with Crippen LogP contribution in [0.2, 0.25) is 51.9 Å². The van der Waals surface area contributed by atoms with Crippen molar-refractivity contribution in [2.24, 2.45) is 0 Å². The van der Waals surface area contributed by atoms with Gasteiger partial charge in [0.05, 0.1) is 13.2 Å². The molecule has 0 bridgehead atoms. The van der Waals surface area contributed by atoms with E-state index in [4.69, 9.17) is 37.3 Å². The number of aldehydes is 2. The van der Waals surface area contributed by atoms with Crippen molar-refractivity contribution in [2.75, 3.05) is 19.8 Å². The number of aliphatic hydroxyl groups excluding tert-OH is 1. The highest BCUT2D eigenvalue weighted by Gasteiger charge is 2.39. The summed E-state index contributed by atoms with van der Waals surface area (Å²) in [4.78, 5) is 51.7. The Balaban J connectivity index is -0.000000119. The van der Waals surface area contributed by atoms with Crippen LogP contribution in [0.1, 0.15) is 51.4 Å². The molecular formula is C25H56O10Si3. The third-order valence-corrected chi connectivity index (χ3v) is 13.5. The zero-order valence-corrected chi connectivity index (χ0v) is 28.1. The molecule has 0 aliphatic carbocycles. The lowest BCUT2D eigenvalue weighted by Crippen LogP contribution is -2.52.